The van der Waals surface area contributed by atoms with Crippen molar-refractivity contribution in [3.8, 4) is 0 Å². The van der Waals surface area contributed by atoms with Crippen LogP contribution in [0.4, 0.5) is 4.39 Å². The van der Waals surface area contributed by atoms with Gasteiger partial charge in [-0.2, -0.15) is 0 Å². The molecule has 4 aliphatic rings. The topological polar surface area (TPSA) is 77.8 Å². The molecule has 6 heteroatoms. The van der Waals surface area contributed by atoms with E-state index in [2.05, 4.69) is 20.8 Å². The zero-order chi connectivity index (χ0) is 20.5. The predicted molar refractivity (Wildman–Crippen MR) is 107 cm³/mol. The minimum absolute atomic E-state index is 0.187. The predicted octanol–water partition coefficient (Wildman–Crippen LogP) is 5.24. The Morgan fingerprint density at radius 2 is 1.75 bits per heavy atom. The molecule has 0 radical (unpaired) electrons. The van der Waals surface area contributed by atoms with Gasteiger partial charge in [0.15, 0.2) is 0 Å². The van der Waals surface area contributed by atoms with E-state index in [1.165, 1.54) is 12.8 Å². The third-order valence-corrected chi connectivity index (χ3v) is 10.9. The summed E-state index contributed by atoms with van der Waals surface area (Å²) < 4.78 is 27.0. The fourth-order valence-corrected chi connectivity index (χ4v) is 9.16. The van der Waals surface area contributed by atoms with Gasteiger partial charge < -0.3 is 14.9 Å². The van der Waals surface area contributed by atoms with Gasteiger partial charge >= 0.3 is 7.60 Å². The summed E-state index contributed by atoms with van der Waals surface area (Å²) in [5.41, 5.74) is 0.0836. The minimum Gasteiger partial charge on any atom is -0.396 e. The van der Waals surface area contributed by atoms with E-state index in [4.69, 9.17) is 0 Å². The van der Waals surface area contributed by atoms with Crippen molar-refractivity contribution in [2.24, 2.45) is 46.3 Å². The van der Waals surface area contributed by atoms with E-state index >= 15 is 4.39 Å². The van der Waals surface area contributed by atoms with Gasteiger partial charge in [-0.1, -0.05) is 20.8 Å². The average molecular weight is 414 g/mol. The van der Waals surface area contributed by atoms with Crippen molar-refractivity contribution < 1.29 is 23.8 Å². The number of aliphatic hydroxyl groups excluding tert-OH is 1. The Morgan fingerprint density at radius 1 is 1.07 bits per heavy atom. The Balaban J connectivity index is 1.63. The normalized spacial score (nSPS) is 47.3. The van der Waals surface area contributed by atoms with E-state index < -0.39 is 13.4 Å². The van der Waals surface area contributed by atoms with Crippen LogP contribution in [0, 0.1) is 46.3 Å². The lowest BCUT2D eigenvalue weighted by Gasteiger charge is -2.60. The SMILES string of the molecule is C[C@H](CO)[C@H]1CC[C@H]2[C@@H]3CC[C@H]4C(F)=C(P(=O)(O)O)CC[C@]4(C)[C@H]3CC[C@]12C. The van der Waals surface area contributed by atoms with E-state index in [-0.39, 0.29) is 35.1 Å². The van der Waals surface area contributed by atoms with Gasteiger partial charge in [0.1, 0.15) is 5.83 Å². The molecule has 160 valence electrons. The summed E-state index contributed by atoms with van der Waals surface area (Å²) in [6.07, 6.45) is 7.16. The molecule has 4 rings (SSSR count). The molecule has 3 fully saturated rings. The van der Waals surface area contributed by atoms with Crippen molar-refractivity contribution in [2.45, 2.75) is 72.1 Å². The summed E-state index contributed by atoms with van der Waals surface area (Å²) in [6.45, 7) is 7.05. The maximum atomic E-state index is 15.2. The van der Waals surface area contributed by atoms with Crippen molar-refractivity contribution in [3.05, 3.63) is 11.1 Å². The molecule has 0 unspecified atom stereocenters. The number of hydrogen-bond acceptors (Lipinski definition) is 2. The number of aliphatic hydroxyl groups is 1. The molecule has 4 nitrogen and oxygen atoms in total. The molecule has 3 saturated carbocycles. The molecule has 0 aromatic rings. The Labute approximate surface area is 168 Å². The number of hydrogen-bond donors (Lipinski definition) is 3. The van der Waals surface area contributed by atoms with Gasteiger partial charge in [0.25, 0.3) is 0 Å². The van der Waals surface area contributed by atoms with Crippen LogP contribution in [0.1, 0.15) is 72.1 Å². The van der Waals surface area contributed by atoms with Crippen LogP contribution in [0.2, 0.25) is 0 Å². The van der Waals surface area contributed by atoms with Gasteiger partial charge in [-0.05, 0) is 91.8 Å². The highest BCUT2D eigenvalue weighted by molar-refractivity contribution is 7.56. The molecule has 0 amide bonds. The van der Waals surface area contributed by atoms with E-state index in [0.29, 0.717) is 42.4 Å². The molecule has 0 aromatic heterocycles. The van der Waals surface area contributed by atoms with Crippen LogP contribution in [0.5, 0.6) is 0 Å². The number of fused-ring (bicyclic) bond motifs is 5. The van der Waals surface area contributed by atoms with E-state index in [1.807, 2.05) is 0 Å². The average Bonchev–Trinajstić information content (AvgIpc) is 2.97. The first-order chi connectivity index (χ1) is 13.0. The second-order valence-electron chi connectivity index (χ2n) is 10.7. The quantitative estimate of drug-likeness (QED) is 0.552. The molecule has 0 aliphatic heterocycles. The molecule has 28 heavy (non-hydrogen) atoms. The smallest absolute Gasteiger partial charge is 0.354 e. The number of allylic oxidation sites excluding steroid dienone is 2. The summed E-state index contributed by atoms with van der Waals surface area (Å²) >= 11 is 0. The molecule has 0 saturated heterocycles. The van der Waals surface area contributed by atoms with Crippen LogP contribution >= 0.6 is 7.60 Å². The third kappa shape index (κ3) is 2.91. The molecular formula is C22H36FO4P. The third-order valence-electron chi connectivity index (χ3n) is 9.75. The largest absolute Gasteiger partial charge is 0.396 e. The lowest BCUT2D eigenvalue weighted by atomic mass is 9.45. The maximum absolute atomic E-state index is 15.2. The molecule has 4 aliphatic carbocycles. The van der Waals surface area contributed by atoms with Crippen LogP contribution in [0.15, 0.2) is 11.1 Å². The number of rotatable bonds is 3. The summed E-state index contributed by atoms with van der Waals surface area (Å²) in [4.78, 5) is 19.1. The first-order valence-electron chi connectivity index (χ1n) is 11.1. The van der Waals surface area contributed by atoms with Crippen LogP contribution < -0.4 is 0 Å². The summed E-state index contributed by atoms with van der Waals surface area (Å²) in [5, 5.41) is 9.51. The standard InChI is InChI=1S/C22H36FO4P/c1-13(12-24)15-6-7-16-14-4-5-18-20(23)19(28(25,26)27)9-11-22(18,3)17(14)8-10-21(15,16)2/h13-18,24H,4-12H2,1-3H3,(H2,25,26,27)/t13-,14+,15-,16+,17+,18+,21-,22-/m1/s1. The number of halogens is 1. The fourth-order valence-electron chi connectivity index (χ4n) is 8.33. The lowest BCUT2D eigenvalue weighted by molar-refractivity contribution is -0.104. The van der Waals surface area contributed by atoms with Crippen molar-refractivity contribution in [1.29, 1.82) is 0 Å². The highest BCUT2D eigenvalue weighted by Crippen LogP contribution is 2.70. The van der Waals surface area contributed by atoms with Crippen molar-refractivity contribution in [1.82, 2.24) is 0 Å². The zero-order valence-corrected chi connectivity index (χ0v) is 18.3. The molecule has 3 N–H and O–H groups in total. The second-order valence-corrected chi connectivity index (χ2v) is 12.4. The summed E-state index contributed by atoms with van der Waals surface area (Å²) in [7, 11) is -4.50. The molecule has 0 aromatic carbocycles. The van der Waals surface area contributed by atoms with Crippen LogP contribution in [0.25, 0.3) is 0 Å². The monoisotopic (exact) mass is 414 g/mol. The maximum Gasteiger partial charge on any atom is 0.354 e. The Bertz CT molecular complexity index is 717. The molecular weight excluding hydrogens is 378 g/mol. The van der Waals surface area contributed by atoms with Crippen molar-refractivity contribution >= 4 is 7.60 Å². The highest BCUT2D eigenvalue weighted by Gasteiger charge is 2.61. The molecule has 0 heterocycles. The van der Waals surface area contributed by atoms with Gasteiger partial charge in [0, 0.05) is 12.5 Å². The molecule has 0 bridgehead atoms. The van der Waals surface area contributed by atoms with Gasteiger partial charge in [-0.3, -0.25) is 4.57 Å². The van der Waals surface area contributed by atoms with Gasteiger partial charge in [-0.25, -0.2) is 4.39 Å². The fraction of sp³-hybridized carbons (Fsp3) is 0.909. The van der Waals surface area contributed by atoms with E-state index in [9.17, 15) is 19.5 Å². The Kier molecular flexibility index (Phi) is 5.18. The summed E-state index contributed by atoms with van der Waals surface area (Å²) in [5.74, 6) is 1.74. The second kappa shape index (κ2) is 6.90. The minimum atomic E-state index is -4.50. The van der Waals surface area contributed by atoms with Gasteiger partial charge in [0.05, 0.1) is 5.31 Å². The van der Waals surface area contributed by atoms with E-state index in [0.717, 1.165) is 19.3 Å². The van der Waals surface area contributed by atoms with E-state index in [1.54, 1.807) is 0 Å². The zero-order valence-electron chi connectivity index (χ0n) is 17.4. The van der Waals surface area contributed by atoms with Crippen LogP contribution in [-0.2, 0) is 4.57 Å². The van der Waals surface area contributed by atoms with Crippen molar-refractivity contribution in [2.75, 3.05) is 6.61 Å². The van der Waals surface area contributed by atoms with Crippen molar-refractivity contribution in [3.63, 3.8) is 0 Å². The van der Waals surface area contributed by atoms with Crippen LogP contribution in [0.3, 0.4) is 0 Å². The Hall–Kier alpha value is -0.220. The Morgan fingerprint density at radius 3 is 2.39 bits per heavy atom. The highest BCUT2D eigenvalue weighted by atomic mass is 31.2. The van der Waals surface area contributed by atoms with Crippen LogP contribution in [-0.4, -0.2) is 21.5 Å². The van der Waals surface area contributed by atoms with Gasteiger partial charge in [-0.15, -0.1) is 0 Å². The molecule has 0 spiro atoms. The molecule has 8 atom stereocenters. The first-order valence-corrected chi connectivity index (χ1v) is 12.7. The first kappa shape index (κ1) is 21.0. The van der Waals surface area contributed by atoms with Gasteiger partial charge in [0.2, 0.25) is 0 Å². The lowest BCUT2D eigenvalue weighted by Crippen LogP contribution is -2.53. The summed E-state index contributed by atoms with van der Waals surface area (Å²) in [6, 6.07) is 0.